The number of sulfone groups is 1. The third kappa shape index (κ3) is 3.24. The summed E-state index contributed by atoms with van der Waals surface area (Å²) >= 11 is 12.0. The maximum Gasteiger partial charge on any atom is 0.175 e. The van der Waals surface area contributed by atoms with Gasteiger partial charge in [0.15, 0.2) is 15.0 Å². The van der Waals surface area contributed by atoms with Crippen LogP contribution in [0.3, 0.4) is 0 Å². The zero-order valence-corrected chi connectivity index (χ0v) is 14.3. The predicted molar refractivity (Wildman–Crippen MR) is 89.9 cm³/mol. The lowest BCUT2D eigenvalue weighted by molar-refractivity contribution is 0.602. The molecule has 0 amide bonds. The van der Waals surface area contributed by atoms with Crippen LogP contribution >= 0.6 is 23.2 Å². The third-order valence-electron chi connectivity index (χ3n) is 3.27. The van der Waals surface area contributed by atoms with E-state index in [0.717, 1.165) is 11.3 Å². The molecule has 0 radical (unpaired) electrons. The van der Waals surface area contributed by atoms with E-state index in [1.165, 1.54) is 6.26 Å². The van der Waals surface area contributed by atoms with Crippen LogP contribution in [0, 0.1) is 0 Å². The van der Waals surface area contributed by atoms with Gasteiger partial charge in [-0.15, -0.1) is 0 Å². The van der Waals surface area contributed by atoms with Crippen molar-refractivity contribution < 1.29 is 8.42 Å². The lowest BCUT2D eigenvalue weighted by atomic mass is 10.2. The van der Waals surface area contributed by atoms with Crippen LogP contribution < -0.4 is 0 Å². The largest absolute Gasteiger partial charge is 0.297 e. The van der Waals surface area contributed by atoms with Crippen molar-refractivity contribution in [2.75, 3.05) is 6.26 Å². The Morgan fingerprint density at radius 1 is 1.00 bits per heavy atom. The Hall–Kier alpha value is -1.89. The first kappa shape index (κ1) is 16.0. The van der Waals surface area contributed by atoms with E-state index in [4.69, 9.17) is 23.2 Å². The zero-order chi connectivity index (χ0) is 16.6. The number of hydrogen-bond acceptors (Lipinski definition) is 4. The van der Waals surface area contributed by atoms with Crippen LogP contribution in [0.25, 0.3) is 16.9 Å². The summed E-state index contributed by atoms with van der Waals surface area (Å²) in [6, 6.07) is 9.93. The Kier molecular flexibility index (Phi) is 4.14. The van der Waals surface area contributed by atoms with Gasteiger partial charge in [0, 0.05) is 23.7 Å². The molecule has 2 aromatic heterocycles. The van der Waals surface area contributed by atoms with Gasteiger partial charge in [-0.2, -0.15) is 0 Å². The lowest BCUT2D eigenvalue weighted by Crippen LogP contribution is -1.99. The maximum absolute atomic E-state index is 11.5. The Balaban J connectivity index is 2.10. The van der Waals surface area contributed by atoms with Gasteiger partial charge in [0.2, 0.25) is 0 Å². The van der Waals surface area contributed by atoms with Crippen LogP contribution in [-0.2, 0) is 9.84 Å². The highest BCUT2D eigenvalue weighted by Gasteiger charge is 2.14. The monoisotopic (exact) mass is 367 g/mol. The summed E-state index contributed by atoms with van der Waals surface area (Å²) in [4.78, 5) is 8.41. The number of rotatable bonds is 3. The van der Waals surface area contributed by atoms with Gasteiger partial charge in [-0.1, -0.05) is 23.2 Å². The molecule has 0 N–H and O–H groups in total. The summed E-state index contributed by atoms with van der Waals surface area (Å²) in [7, 11) is -3.24. The molecule has 2 heterocycles. The molecule has 0 unspecified atom stereocenters. The number of benzene rings is 1. The second kappa shape index (κ2) is 5.96. The zero-order valence-electron chi connectivity index (χ0n) is 11.9. The summed E-state index contributed by atoms with van der Waals surface area (Å²) in [6.07, 6.45) is 4.34. The maximum atomic E-state index is 11.5. The van der Waals surface area contributed by atoms with Crippen molar-refractivity contribution in [3.8, 4) is 16.9 Å². The Morgan fingerprint density at radius 2 is 1.70 bits per heavy atom. The van der Waals surface area contributed by atoms with E-state index in [1.54, 1.807) is 53.5 Å². The average Bonchev–Trinajstić information content (AvgIpc) is 2.89. The molecular weight excluding hydrogens is 357 g/mol. The quantitative estimate of drug-likeness (QED) is 0.662. The molecule has 0 bridgehead atoms. The number of hydrogen-bond donors (Lipinski definition) is 0. The van der Waals surface area contributed by atoms with E-state index in [0.29, 0.717) is 16.0 Å². The van der Waals surface area contributed by atoms with Crippen LogP contribution in [0.5, 0.6) is 0 Å². The molecule has 3 rings (SSSR count). The summed E-state index contributed by atoms with van der Waals surface area (Å²) < 4.78 is 24.9. The summed E-state index contributed by atoms with van der Waals surface area (Å²) in [5.41, 5.74) is 2.15. The van der Waals surface area contributed by atoms with Gasteiger partial charge < -0.3 is 0 Å². The molecule has 0 fully saturated rings. The van der Waals surface area contributed by atoms with Crippen molar-refractivity contribution in [2.24, 2.45) is 0 Å². The fourth-order valence-corrected chi connectivity index (χ4v) is 3.14. The van der Waals surface area contributed by atoms with Crippen molar-refractivity contribution in [3.05, 3.63) is 59.2 Å². The Labute approximate surface area is 143 Å². The van der Waals surface area contributed by atoms with Gasteiger partial charge in [-0.3, -0.25) is 4.57 Å². The van der Waals surface area contributed by atoms with Crippen LogP contribution in [0.4, 0.5) is 0 Å². The van der Waals surface area contributed by atoms with Crippen molar-refractivity contribution in [1.29, 1.82) is 0 Å². The molecule has 8 heteroatoms. The molecule has 0 aliphatic carbocycles. The van der Waals surface area contributed by atoms with E-state index in [2.05, 4.69) is 9.97 Å². The molecule has 23 heavy (non-hydrogen) atoms. The summed E-state index contributed by atoms with van der Waals surface area (Å²) in [5, 5.41) is 0.703. The standard InChI is InChI=1S/C15H11Cl2N3O2S/c1-23(21,22)12-5-3-11(4-6-12)20-9-19-15(17)14(20)10-2-7-13(16)18-8-10/h2-9H,1H3. The molecule has 3 aromatic rings. The van der Waals surface area contributed by atoms with Gasteiger partial charge in [-0.25, -0.2) is 18.4 Å². The highest BCUT2D eigenvalue weighted by Crippen LogP contribution is 2.30. The van der Waals surface area contributed by atoms with E-state index >= 15 is 0 Å². The van der Waals surface area contributed by atoms with Crippen LogP contribution in [0.1, 0.15) is 0 Å². The second-order valence-electron chi connectivity index (χ2n) is 4.89. The molecule has 5 nitrogen and oxygen atoms in total. The Bertz CT molecular complexity index is 949. The first-order valence-corrected chi connectivity index (χ1v) is 9.16. The van der Waals surface area contributed by atoms with Crippen LogP contribution in [0.2, 0.25) is 10.3 Å². The van der Waals surface area contributed by atoms with Crippen molar-refractivity contribution in [2.45, 2.75) is 4.90 Å². The van der Waals surface area contributed by atoms with E-state index in [9.17, 15) is 8.42 Å². The van der Waals surface area contributed by atoms with Gasteiger partial charge in [-0.05, 0) is 36.4 Å². The van der Waals surface area contributed by atoms with Crippen LogP contribution in [0.15, 0.2) is 53.8 Å². The molecule has 118 valence electrons. The van der Waals surface area contributed by atoms with E-state index in [-0.39, 0.29) is 4.90 Å². The third-order valence-corrected chi connectivity index (χ3v) is 4.90. The predicted octanol–water partition coefficient (Wildman–Crippen LogP) is 3.64. The number of aromatic nitrogens is 3. The minimum Gasteiger partial charge on any atom is -0.297 e. The normalized spacial score (nSPS) is 11.6. The van der Waals surface area contributed by atoms with Gasteiger partial charge in [0.05, 0.1) is 10.6 Å². The molecule has 0 aliphatic heterocycles. The van der Waals surface area contributed by atoms with Crippen LogP contribution in [-0.4, -0.2) is 29.2 Å². The van der Waals surface area contributed by atoms with E-state index < -0.39 is 9.84 Å². The smallest absolute Gasteiger partial charge is 0.175 e. The van der Waals surface area contributed by atoms with Gasteiger partial charge in [0.25, 0.3) is 0 Å². The molecular formula is C15H11Cl2N3O2S. The highest BCUT2D eigenvalue weighted by molar-refractivity contribution is 7.90. The SMILES string of the molecule is CS(=O)(=O)c1ccc(-n2cnc(Cl)c2-c2ccc(Cl)nc2)cc1. The lowest BCUT2D eigenvalue weighted by Gasteiger charge is -2.09. The minimum absolute atomic E-state index is 0.252. The minimum atomic E-state index is -3.24. The second-order valence-corrected chi connectivity index (χ2v) is 7.65. The topological polar surface area (TPSA) is 64.8 Å². The van der Waals surface area contributed by atoms with Gasteiger partial charge in [0.1, 0.15) is 11.5 Å². The number of imidazole rings is 1. The number of nitrogens with zero attached hydrogens (tertiary/aromatic N) is 3. The molecule has 0 aliphatic rings. The molecule has 0 saturated carbocycles. The Morgan fingerprint density at radius 3 is 2.26 bits per heavy atom. The van der Waals surface area contributed by atoms with Crippen molar-refractivity contribution >= 4 is 33.0 Å². The van der Waals surface area contributed by atoms with E-state index in [1.807, 2.05) is 0 Å². The van der Waals surface area contributed by atoms with Crippen molar-refractivity contribution in [3.63, 3.8) is 0 Å². The summed E-state index contributed by atoms with van der Waals surface area (Å²) in [6.45, 7) is 0. The molecule has 1 aromatic carbocycles. The molecule has 0 atom stereocenters. The van der Waals surface area contributed by atoms with Gasteiger partial charge >= 0.3 is 0 Å². The number of halogens is 2. The fraction of sp³-hybridized carbons (Fsp3) is 0.0667. The fourth-order valence-electron chi connectivity index (χ4n) is 2.15. The summed E-state index contributed by atoms with van der Waals surface area (Å²) in [5.74, 6) is 0. The first-order chi connectivity index (χ1) is 10.9. The molecule has 0 spiro atoms. The average molecular weight is 368 g/mol. The number of pyridine rings is 1. The first-order valence-electron chi connectivity index (χ1n) is 6.51. The highest BCUT2D eigenvalue weighted by atomic mass is 35.5. The molecule has 0 saturated heterocycles. The van der Waals surface area contributed by atoms with Crippen molar-refractivity contribution in [1.82, 2.24) is 14.5 Å².